The van der Waals surface area contributed by atoms with E-state index in [1.807, 2.05) is 12.1 Å². The molecule has 0 aliphatic heterocycles. The van der Waals surface area contributed by atoms with Gasteiger partial charge in [0.15, 0.2) is 5.11 Å². The van der Waals surface area contributed by atoms with Gasteiger partial charge >= 0.3 is 0 Å². The molecule has 0 saturated carbocycles. The fourth-order valence-corrected chi connectivity index (χ4v) is 1.29. The molecule has 0 fully saturated rings. The van der Waals surface area contributed by atoms with E-state index in [4.69, 9.17) is 18.0 Å². The first-order valence-corrected chi connectivity index (χ1v) is 4.68. The summed E-state index contributed by atoms with van der Waals surface area (Å²) in [5, 5.41) is 7.18. The first kappa shape index (κ1) is 9.60. The average Bonchev–Trinajstić information content (AvgIpc) is 2.67. The summed E-state index contributed by atoms with van der Waals surface area (Å²) in [7, 11) is 0. The Morgan fingerprint density at radius 1 is 1.40 bits per heavy atom. The van der Waals surface area contributed by atoms with Crippen LogP contribution in [0.15, 0.2) is 36.9 Å². The molecule has 0 amide bonds. The number of thiocarbonyl (C=S) groups is 1. The first-order valence-electron chi connectivity index (χ1n) is 4.27. The largest absolute Gasteiger partial charge is 0.376 e. The number of nitrogens with one attached hydrogen (secondary N) is 1. The van der Waals surface area contributed by atoms with Crippen molar-refractivity contribution in [3.05, 3.63) is 36.9 Å². The fraction of sp³-hybridized carbons (Fsp3) is 0. The molecule has 0 saturated heterocycles. The van der Waals surface area contributed by atoms with Gasteiger partial charge in [-0.2, -0.15) is 5.10 Å². The average molecular weight is 219 g/mol. The van der Waals surface area contributed by atoms with Gasteiger partial charge in [-0.05, 0) is 24.4 Å². The third-order valence-corrected chi connectivity index (χ3v) is 1.88. The summed E-state index contributed by atoms with van der Waals surface area (Å²) >= 11 is 4.72. The Labute approximate surface area is 91.9 Å². The smallest absolute Gasteiger partial charge is 0.168 e. The van der Waals surface area contributed by atoms with Crippen molar-refractivity contribution in [2.24, 2.45) is 5.73 Å². The molecular weight excluding hydrogens is 210 g/mol. The maximum Gasteiger partial charge on any atom is 0.168 e. The van der Waals surface area contributed by atoms with Crippen LogP contribution in [0.25, 0.3) is 5.69 Å². The van der Waals surface area contributed by atoms with E-state index in [-0.39, 0.29) is 5.11 Å². The molecule has 2 heterocycles. The van der Waals surface area contributed by atoms with Crippen LogP contribution in [0.2, 0.25) is 0 Å². The highest BCUT2D eigenvalue weighted by Crippen LogP contribution is 2.09. The second-order valence-electron chi connectivity index (χ2n) is 2.87. The number of rotatable bonds is 2. The van der Waals surface area contributed by atoms with Crippen LogP contribution in [0.3, 0.4) is 0 Å². The number of nitrogens with two attached hydrogens (primary N) is 1. The second kappa shape index (κ2) is 4.05. The van der Waals surface area contributed by atoms with E-state index >= 15 is 0 Å². The quantitative estimate of drug-likeness (QED) is 0.735. The minimum atomic E-state index is 0.226. The molecule has 0 aromatic carbocycles. The van der Waals surface area contributed by atoms with Gasteiger partial charge in [-0.3, -0.25) is 4.98 Å². The van der Waals surface area contributed by atoms with Crippen LogP contribution >= 0.6 is 12.2 Å². The summed E-state index contributed by atoms with van der Waals surface area (Å²) in [5.74, 6) is 0. The van der Waals surface area contributed by atoms with Gasteiger partial charge < -0.3 is 11.1 Å². The van der Waals surface area contributed by atoms with Gasteiger partial charge in [0.25, 0.3) is 0 Å². The summed E-state index contributed by atoms with van der Waals surface area (Å²) in [6.07, 6.45) is 6.86. The van der Waals surface area contributed by atoms with Crippen LogP contribution in [-0.4, -0.2) is 19.9 Å². The minimum Gasteiger partial charge on any atom is -0.376 e. The molecule has 5 nitrogen and oxygen atoms in total. The van der Waals surface area contributed by atoms with E-state index in [0.29, 0.717) is 0 Å². The molecule has 6 heteroatoms. The number of anilines is 1. The molecule has 2 aromatic heterocycles. The summed E-state index contributed by atoms with van der Waals surface area (Å²) in [6.45, 7) is 0. The summed E-state index contributed by atoms with van der Waals surface area (Å²) in [6, 6.07) is 3.72. The molecule has 0 atom stereocenters. The molecule has 3 N–H and O–H groups in total. The lowest BCUT2D eigenvalue weighted by Crippen LogP contribution is -2.18. The van der Waals surface area contributed by atoms with Crippen molar-refractivity contribution in [1.82, 2.24) is 14.8 Å². The zero-order valence-electron chi connectivity index (χ0n) is 7.79. The molecule has 2 aromatic rings. The summed E-state index contributed by atoms with van der Waals surface area (Å²) in [4.78, 5) is 3.93. The third kappa shape index (κ3) is 2.29. The lowest BCUT2D eigenvalue weighted by Gasteiger charge is -1.99. The zero-order chi connectivity index (χ0) is 10.7. The van der Waals surface area contributed by atoms with Gasteiger partial charge in [0.1, 0.15) is 0 Å². The van der Waals surface area contributed by atoms with Crippen LogP contribution in [0, 0.1) is 0 Å². The Morgan fingerprint density at radius 2 is 2.13 bits per heavy atom. The summed E-state index contributed by atoms with van der Waals surface area (Å²) in [5.41, 5.74) is 7.04. The van der Waals surface area contributed by atoms with Crippen molar-refractivity contribution in [3.63, 3.8) is 0 Å². The fourth-order valence-electron chi connectivity index (χ4n) is 1.17. The maximum atomic E-state index is 5.35. The number of aromatic nitrogens is 3. The number of hydrogen-bond acceptors (Lipinski definition) is 3. The zero-order valence-corrected chi connectivity index (χ0v) is 8.61. The van der Waals surface area contributed by atoms with Gasteiger partial charge in [0, 0.05) is 12.4 Å². The number of nitrogens with zero attached hydrogens (tertiary/aromatic N) is 3. The minimum absolute atomic E-state index is 0.226. The molecule has 0 aliphatic rings. The molecule has 0 radical (unpaired) electrons. The molecule has 15 heavy (non-hydrogen) atoms. The monoisotopic (exact) mass is 219 g/mol. The third-order valence-electron chi connectivity index (χ3n) is 1.78. The van der Waals surface area contributed by atoms with Crippen LogP contribution in [0.1, 0.15) is 0 Å². The highest BCUT2D eigenvalue weighted by atomic mass is 32.1. The maximum absolute atomic E-state index is 5.35. The Balaban J connectivity index is 2.24. The topological polar surface area (TPSA) is 68.8 Å². The summed E-state index contributed by atoms with van der Waals surface area (Å²) < 4.78 is 1.71. The van der Waals surface area contributed by atoms with Gasteiger partial charge in [0.2, 0.25) is 0 Å². The van der Waals surface area contributed by atoms with Crippen molar-refractivity contribution >= 4 is 23.0 Å². The first-order chi connectivity index (χ1) is 7.25. The predicted octanol–water partition coefficient (Wildman–Crippen LogP) is 0.923. The SMILES string of the molecule is NC(=S)Nc1cnn(-c2ccncc2)c1. The van der Waals surface area contributed by atoms with E-state index < -0.39 is 0 Å². The molecule has 0 spiro atoms. The van der Waals surface area contributed by atoms with Crippen LogP contribution in [0.4, 0.5) is 5.69 Å². The van der Waals surface area contributed by atoms with Crippen LogP contribution < -0.4 is 11.1 Å². The molecule has 0 aliphatic carbocycles. The standard InChI is InChI=1S/C9H9N5S/c10-9(15)13-7-5-12-14(6-7)8-1-3-11-4-2-8/h1-6H,(H3,10,13,15). The van der Waals surface area contributed by atoms with Crippen molar-refractivity contribution in [2.45, 2.75) is 0 Å². The van der Waals surface area contributed by atoms with Crippen molar-refractivity contribution < 1.29 is 0 Å². The highest BCUT2D eigenvalue weighted by molar-refractivity contribution is 7.80. The van der Waals surface area contributed by atoms with Gasteiger partial charge in [-0.1, -0.05) is 0 Å². The van der Waals surface area contributed by atoms with Gasteiger partial charge in [-0.25, -0.2) is 4.68 Å². The Hall–Kier alpha value is -1.95. The van der Waals surface area contributed by atoms with Crippen molar-refractivity contribution in [1.29, 1.82) is 0 Å². The van der Waals surface area contributed by atoms with Crippen LogP contribution in [0.5, 0.6) is 0 Å². The normalized spacial score (nSPS) is 9.87. The predicted molar refractivity (Wildman–Crippen MR) is 61.8 cm³/mol. The molecule has 2 rings (SSSR count). The van der Waals surface area contributed by atoms with Crippen LogP contribution in [-0.2, 0) is 0 Å². The van der Waals surface area contributed by atoms with E-state index in [2.05, 4.69) is 15.4 Å². The number of pyridine rings is 1. The van der Waals surface area contributed by atoms with Crippen molar-refractivity contribution in [2.75, 3.05) is 5.32 Å². The molecular formula is C9H9N5S. The highest BCUT2D eigenvalue weighted by Gasteiger charge is 2.00. The van der Waals surface area contributed by atoms with E-state index in [1.165, 1.54) is 0 Å². The Bertz CT molecular complexity index is 464. The van der Waals surface area contributed by atoms with E-state index in [1.54, 1.807) is 29.5 Å². The van der Waals surface area contributed by atoms with Crippen molar-refractivity contribution in [3.8, 4) is 5.69 Å². The molecule has 76 valence electrons. The Kier molecular flexibility index (Phi) is 2.59. The van der Waals surface area contributed by atoms with E-state index in [9.17, 15) is 0 Å². The van der Waals surface area contributed by atoms with E-state index in [0.717, 1.165) is 11.4 Å². The number of hydrogen-bond donors (Lipinski definition) is 2. The lowest BCUT2D eigenvalue weighted by atomic mass is 10.4. The van der Waals surface area contributed by atoms with Gasteiger partial charge in [-0.15, -0.1) is 0 Å². The second-order valence-corrected chi connectivity index (χ2v) is 3.31. The lowest BCUT2D eigenvalue weighted by molar-refractivity contribution is 0.878. The Morgan fingerprint density at radius 3 is 2.80 bits per heavy atom. The van der Waals surface area contributed by atoms with Gasteiger partial charge in [0.05, 0.1) is 23.8 Å². The molecule has 0 bridgehead atoms. The molecule has 0 unspecified atom stereocenters.